The quantitative estimate of drug-likeness (QED) is 0.666. The van der Waals surface area contributed by atoms with Gasteiger partial charge >= 0.3 is 12.0 Å². The van der Waals surface area contributed by atoms with Gasteiger partial charge in [0.2, 0.25) is 0 Å². The van der Waals surface area contributed by atoms with Crippen LogP contribution in [0.25, 0.3) is 0 Å². The van der Waals surface area contributed by atoms with Crippen LogP contribution >= 0.6 is 0 Å². The van der Waals surface area contributed by atoms with Gasteiger partial charge in [-0.2, -0.15) is 0 Å². The first-order chi connectivity index (χ1) is 9.37. The molecule has 0 aromatic heterocycles. The Morgan fingerprint density at radius 3 is 2.25 bits per heavy atom. The van der Waals surface area contributed by atoms with Crippen molar-refractivity contribution in [3.05, 3.63) is 0 Å². The molecule has 1 saturated carbocycles. The molecule has 0 radical (unpaired) electrons. The summed E-state index contributed by atoms with van der Waals surface area (Å²) in [5.41, 5.74) is -1.16. The fraction of sp³-hybridized carbons (Fsp3) is 0.846. The molecule has 2 atom stereocenters. The standard InChI is InChI=1S/C13H24N2O4S/c1-10(20(2)19)9-14-12(18)15-13(11(16)17)7-5-3-4-6-8-13/h10H,3-9H2,1-2H3,(H,16,17)(H2,14,15,18). The van der Waals surface area contributed by atoms with Crippen molar-refractivity contribution in [3.8, 4) is 0 Å². The minimum absolute atomic E-state index is 0.157. The van der Waals surface area contributed by atoms with Gasteiger partial charge in [0.05, 0.1) is 0 Å². The Bertz CT molecular complexity index is 379. The number of amides is 2. The summed E-state index contributed by atoms with van der Waals surface area (Å²) in [5, 5.41) is 14.5. The second kappa shape index (κ2) is 7.61. The maximum absolute atomic E-state index is 11.9. The number of aliphatic carboxylic acids is 1. The van der Waals surface area contributed by atoms with E-state index in [2.05, 4.69) is 10.6 Å². The first-order valence-electron chi connectivity index (χ1n) is 6.99. The van der Waals surface area contributed by atoms with Gasteiger partial charge in [-0.05, 0) is 19.8 Å². The lowest BCUT2D eigenvalue weighted by molar-refractivity contribution is -0.145. The van der Waals surface area contributed by atoms with Gasteiger partial charge < -0.3 is 15.7 Å². The SMILES string of the molecule is CC(CNC(=O)NC1(C(=O)O)CCCCCC1)S(C)=O. The highest BCUT2D eigenvalue weighted by molar-refractivity contribution is 7.84. The third-order valence-corrected chi connectivity index (χ3v) is 5.14. The molecular weight excluding hydrogens is 280 g/mol. The van der Waals surface area contributed by atoms with E-state index in [9.17, 15) is 18.9 Å². The summed E-state index contributed by atoms with van der Waals surface area (Å²) in [6.07, 6.45) is 6.13. The Hall–Kier alpha value is -1.11. The third-order valence-electron chi connectivity index (χ3n) is 3.84. The highest BCUT2D eigenvalue weighted by Gasteiger charge is 2.40. The van der Waals surface area contributed by atoms with Crippen LogP contribution in [0.15, 0.2) is 0 Å². The molecule has 6 nitrogen and oxygen atoms in total. The van der Waals surface area contributed by atoms with Crippen molar-refractivity contribution in [1.29, 1.82) is 0 Å². The molecule has 0 aromatic carbocycles. The molecule has 0 bridgehead atoms. The summed E-state index contributed by atoms with van der Waals surface area (Å²) in [6, 6.07) is -0.494. The molecule has 116 valence electrons. The topological polar surface area (TPSA) is 95.5 Å². The monoisotopic (exact) mass is 304 g/mol. The Balaban J connectivity index is 2.59. The molecule has 1 aliphatic rings. The molecule has 0 saturated heterocycles. The molecule has 7 heteroatoms. The van der Waals surface area contributed by atoms with Crippen molar-refractivity contribution in [2.24, 2.45) is 0 Å². The molecule has 1 rings (SSSR count). The molecule has 0 aliphatic heterocycles. The van der Waals surface area contributed by atoms with Crippen LogP contribution in [0.5, 0.6) is 0 Å². The second-order valence-corrected chi connectivity index (χ2v) is 7.25. The Labute approximate surface area is 122 Å². The molecule has 2 unspecified atom stereocenters. The van der Waals surface area contributed by atoms with Crippen molar-refractivity contribution >= 4 is 22.8 Å². The molecule has 0 spiro atoms. The van der Waals surface area contributed by atoms with E-state index < -0.39 is 28.3 Å². The number of rotatable bonds is 5. The predicted octanol–water partition coefficient (Wildman–Crippen LogP) is 1.23. The number of hydrogen-bond acceptors (Lipinski definition) is 3. The van der Waals surface area contributed by atoms with Gasteiger partial charge in [-0.3, -0.25) is 4.21 Å². The highest BCUT2D eigenvalue weighted by Crippen LogP contribution is 2.27. The number of carbonyl (C=O) groups excluding carboxylic acids is 1. The Kier molecular flexibility index (Phi) is 6.45. The van der Waals surface area contributed by atoms with Gasteiger partial charge in [0, 0.05) is 28.9 Å². The van der Waals surface area contributed by atoms with E-state index in [1.54, 1.807) is 13.2 Å². The molecular formula is C13H24N2O4S. The van der Waals surface area contributed by atoms with Crippen molar-refractivity contribution in [1.82, 2.24) is 10.6 Å². The number of carboxylic acids is 1. The van der Waals surface area contributed by atoms with Crippen molar-refractivity contribution in [3.63, 3.8) is 0 Å². The van der Waals surface area contributed by atoms with E-state index in [4.69, 9.17) is 0 Å². The summed E-state index contributed by atoms with van der Waals surface area (Å²) in [4.78, 5) is 23.4. The largest absolute Gasteiger partial charge is 0.480 e. The molecule has 2 amide bonds. The summed E-state index contributed by atoms with van der Waals surface area (Å²) >= 11 is 0. The zero-order valence-electron chi connectivity index (χ0n) is 12.1. The highest BCUT2D eigenvalue weighted by atomic mass is 32.2. The molecule has 3 N–H and O–H groups in total. The fourth-order valence-electron chi connectivity index (χ4n) is 2.34. The van der Waals surface area contributed by atoms with Gasteiger partial charge in [0.15, 0.2) is 0 Å². The van der Waals surface area contributed by atoms with Gasteiger partial charge in [-0.25, -0.2) is 9.59 Å². The van der Waals surface area contributed by atoms with Crippen molar-refractivity contribution < 1.29 is 18.9 Å². The average Bonchev–Trinajstić information content (AvgIpc) is 2.62. The summed E-state index contributed by atoms with van der Waals surface area (Å²) in [6.45, 7) is 2.04. The van der Waals surface area contributed by atoms with E-state index in [0.29, 0.717) is 12.8 Å². The number of urea groups is 1. The van der Waals surface area contributed by atoms with E-state index in [1.165, 1.54) is 0 Å². The van der Waals surface area contributed by atoms with Crippen molar-refractivity contribution in [2.75, 3.05) is 12.8 Å². The lowest BCUT2D eigenvalue weighted by Crippen LogP contribution is -2.57. The summed E-state index contributed by atoms with van der Waals surface area (Å²) in [5.74, 6) is -0.971. The summed E-state index contributed by atoms with van der Waals surface area (Å²) < 4.78 is 11.2. The van der Waals surface area contributed by atoms with Gasteiger partial charge in [0.25, 0.3) is 0 Å². The van der Waals surface area contributed by atoms with Crippen LogP contribution in [-0.4, -0.2) is 44.9 Å². The zero-order chi connectivity index (χ0) is 15.2. The van der Waals surface area contributed by atoms with Crippen LogP contribution in [0.3, 0.4) is 0 Å². The Morgan fingerprint density at radius 1 is 1.25 bits per heavy atom. The minimum Gasteiger partial charge on any atom is -0.480 e. The van der Waals surface area contributed by atoms with Gasteiger partial charge in [0.1, 0.15) is 5.54 Å². The molecule has 0 aromatic rings. The Morgan fingerprint density at radius 2 is 1.80 bits per heavy atom. The van der Waals surface area contributed by atoms with Crippen LogP contribution < -0.4 is 10.6 Å². The van der Waals surface area contributed by atoms with Crippen LogP contribution in [0, 0.1) is 0 Å². The fourth-order valence-corrected chi connectivity index (χ4v) is 2.66. The molecule has 1 fully saturated rings. The molecule has 0 heterocycles. The lowest BCUT2D eigenvalue weighted by atomic mass is 9.90. The first kappa shape index (κ1) is 16.9. The van der Waals surface area contributed by atoms with E-state index in [1.807, 2.05) is 0 Å². The smallest absolute Gasteiger partial charge is 0.329 e. The third kappa shape index (κ3) is 4.77. The lowest BCUT2D eigenvalue weighted by Gasteiger charge is -2.29. The average molecular weight is 304 g/mol. The maximum atomic E-state index is 11.9. The first-order valence-corrected chi connectivity index (χ1v) is 8.61. The van der Waals surface area contributed by atoms with E-state index in [-0.39, 0.29) is 11.8 Å². The molecule has 1 aliphatic carbocycles. The van der Waals surface area contributed by atoms with E-state index in [0.717, 1.165) is 25.7 Å². The van der Waals surface area contributed by atoms with E-state index >= 15 is 0 Å². The number of nitrogens with one attached hydrogen (secondary N) is 2. The van der Waals surface area contributed by atoms with Gasteiger partial charge in [-0.15, -0.1) is 0 Å². The van der Waals surface area contributed by atoms with Crippen LogP contribution in [0.4, 0.5) is 4.79 Å². The van der Waals surface area contributed by atoms with Crippen molar-refractivity contribution in [2.45, 2.75) is 56.2 Å². The number of hydrogen-bond donors (Lipinski definition) is 3. The normalized spacial score (nSPS) is 21.3. The molecule has 20 heavy (non-hydrogen) atoms. The zero-order valence-corrected chi connectivity index (χ0v) is 12.9. The minimum atomic E-state index is -1.16. The second-order valence-electron chi connectivity index (χ2n) is 5.45. The summed E-state index contributed by atoms with van der Waals surface area (Å²) in [7, 11) is -1.01. The number of carbonyl (C=O) groups is 2. The predicted molar refractivity (Wildman–Crippen MR) is 78.1 cm³/mol. The van der Waals surface area contributed by atoms with Crippen LogP contribution in [0.2, 0.25) is 0 Å². The number of carboxylic acid groups (broad SMARTS) is 1. The maximum Gasteiger partial charge on any atom is 0.329 e. The van der Waals surface area contributed by atoms with Crippen LogP contribution in [0.1, 0.15) is 45.4 Å². The van der Waals surface area contributed by atoms with Crippen LogP contribution in [-0.2, 0) is 15.6 Å². The van der Waals surface area contributed by atoms with Gasteiger partial charge in [-0.1, -0.05) is 25.7 Å².